The summed E-state index contributed by atoms with van der Waals surface area (Å²) in [6.45, 7) is 7.57. The van der Waals surface area contributed by atoms with E-state index >= 15 is 0 Å². The van der Waals surface area contributed by atoms with E-state index in [1.54, 1.807) is 12.1 Å². The van der Waals surface area contributed by atoms with Crippen LogP contribution in [0.15, 0.2) is 45.6 Å². The van der Waals surface area contributed by atoms with E-state index in [4.69, 9.17) is 13.9 Å². The van der Waals surface area contributed by atoms with E-state index in [-0.39, 0.29) is 6.61 Å². The van der Waals surface area contributed by atoms with Gasteiger partial charge in [0.2, 0.25) is 0 Å². The highest BCUT2D eigenvalue weighted by Gasteiger charge is 2.11. The molecule has 2 aromatic carbocycles. The fraction of sp³-hybridized carbons (Fsp3) is 0.238. The summed E-state index contributed by atoms with van der Waals surface area (Å²) < 4.78 is 16.0. The van der Waals surface area contributed by atoms with Crippen LogP contribution in [0.1, 0.15) is 22.3 Å². The molecular formula is C21H20O5. The predicted molar refractivity (Wildman–Crippen MR) is 99.0 cm³/mol. The minimum Gasteiger partial charge on any atom is -0.482 e. The van der Waals surface area contributed by atoms with Crippen LogP contribution in [-0.4, -0.2) is 12.6 Å². The third-order valence-electron chi connectivity index (χ3n) is 4.29. The number of rotatable bonds is 4. The molecule has 1 aromatic heterocycles. The van der Waals surface area contributed by atoms with Gasteiger partial charge in [-0.05, 0) is 68.1 Å². The molecule has 0 aliphatic rings. The van der Waals surface area contributed by atoms with Gasteiger partial charge in [0.15, 0.2) is 6.61 Å². The van der Waals surface area contributed by atoms with Crippen LogP contribution in [0, 0.1) is 27.7 Å². The van der Waals surface area contributed by atoms with Crippen molar-refractivity contribution in [1.29, 1.82) is 0 Å². The summed E-state index contributed by atoms with van der Waals surface area (Å²) in [4.78, 5) is 23.6. The van der Waals surface area contributed by atoms with Crippen molar-refractivity contribution in [2.75, 3.05) is 6.61 Å². The summed E-state index contributed by atoms with van der Waals surface area (Å²) in [6, 6.07) is 10.3. The van der Waals surface area contributed by atoms with Crippen LogP contribution in [0.2, 0.25) is 0 Å². The summed E-state index contributed by atoms with van der Waals surface area (Å²) in [5.41, 5.74) is 3.98. The molecule has 26 heavy (non-hydrogen) atoms. The number of carbonyl (C=O) groups excluding carboxylic acids is 1. The van der Waals surface area contributed by atoms with Gasteiger partial charge in [-0.25, -0.2) is 9.59 Å². The van der Waals surface area contributed by atoms with Gasteiger partial charge >= 0.3 is 11.6 Å². The Hall–Kier alpha value is -3.08. The second kappa shape index (κ2) is 7.04. The first kappa shape index (κ1) is 17.7. The van der Waals surface area contributed by atoms with Crippen molar-refractivity contribution < 1.29 is 18.7 Å². The Morgan fingerprint density at radius 3 is 2.42 bits per heavy atom. The van der Waals surface area contributed by atoms with Crippen molar-refractivity contribution in [3.8, 4) is 11.5 Å². The van der Waals surface area contributed by atoms with Gasteiger partial charge < -0.3 is 13.9 Å². The van der Waals surface area contributed by atoms with E-state index in [0.717, 1.165) is 22.1 Å². The number of hydrogen-bond acceptors (Lipinski definition) is 5. The number of aryl methyl sites for hydroxylation is 4. The number of carbonyl (C=O) groups is 1. The van der Waals surface area contributed by atoms with Crippen molar-refractivity contribution in [1.82, 2.24) is 0 Å². The highest BCUT2D eigenvalue weighted by atomic mass is 16.6. The van der Waals surface area contributed by atoms with Gasteiger partial charge in [0, 0.05) is 17.5 Å². The van der Waals surface area contributed by atoms with Crippen LogP contribution in [0.4, 0.5) is 0 Å². The lowest BCUT2D eigenvalue weighted by Gasteiger charge is -2.11. The SMILES string of the molecule is Cc1cc(C)c(OCC(=O)Oc2ccc3c(C)cc(=O)oc3c2)cc1C. The molecule has 0 atom stereocenters. The van der Waals surface area contributed by atoms with Gasteiger partial charge in [-0.15, -0.1) is 0 Å². The van der Waals surface area contributed by atoms with E-state index in [1.807, 2.05) is 39.8 Å². The van der Waals surface area contributed by atoms with E-state index < -0.39 is 11.6 Å². The maximum atomic E-state index is 12.1. The molecule has 5 nitrogen and oxygen atoms in total. The first-order valence-electron chi connectivity index (χ1n) is 8.29. The average Bonchev–Trinajstić information content (AvgIpc) is 2.56. The van der Waals surface area contributed by atoms with Crippen molar-refractivity contribution >= 4 is 16.9 Å². The molecule has 0 saturated carbocycles. The molecule has 0 aliphatic carbocycles. The third-order valence-corrected chi connectivity index (χ3v) is 4.29. The summed E-state index contributed by atoms with van der Waals surface area (Å²) in [5, 5.41) is 0.798. The van der Waals surface area contributed by atoms with Gasteiger partial charge in [-0.2, -0.15) is 0 Å². The molecule has 0 amide bonds. The van der Waals surface area contributed by atoms with Crippen LogP contribution in [-0.2, 0) is 4.79 Å². The molecule has 0 N–H and O–H groups in total. The lowest BCUT2D eigenvalue weighted by molar-refractivity contribution is -0.136. The minimum absolute atomic E-state index is 0.209. The highest BCUT2D eigenvalue weighted by molar-refractivity contribution is 5.82. The van der Waals surface area contributed by atoms with Gasteiger partial charge in [0.05, 0.1) is 0 Å². The van der Waals surface area contributed by atoms with E-state index in [2.05, 4.69) is 0 Å². The van der Waals surface area contributed by atoms with Gasteiger partial charge in [0.1, 0.15) is 17.1 Å². The number of fused-ring (bicyclic) bond motifs is 1. The van der Waals surface area contributed by atoms with Crippen molar-refractivity contribution in [2.45, 2.75) is 27.7 Å². The Morgan fingerprint density at radius 1 is 0.923 bits per heavy atom. The Kier molecular flexibility index (Phi) is 4.80. The second-order valence-electron chi connectivity index (χ2n) is 6.37. The maximum Gasteiger partial charge on any atom is 0.349 e. The lowest BCUT2D eigenvalue weighted by atomic mass is 10.1. The van der Waals surface area contributed by atoms with Gasteiger partial charge in [-0.1, -0.05) is 6.07 Å². The zero-order valence-electron chi connectivity index (χ0n) is 15.2. The fourth-order valence-corrected chi connectivity index (χ4v) is 2.76. The topological polar surface area (TPSA) is 65.7 Å². The zero-order chi connectivity index (χ0) is 18.8. The largest absolute Gasteiger partial charge is 0.482 e. The maximum absolute atomic E-state index is 12.1. The van der Waals surface area contributed by atoms with Gasteiger partial charge in [0.25, 0.3) is 0 Å². The zero-order valence-corrected chi connectivity index (χ0v) is 15.2. The molecule has 0 radical (unpaired) electrons. The monoisotopic (exact) mass is 352 g/mol. The molecule has 5 heteroatoms. The number of benzene rings is 2. The van der Waals surface area contributed by atoms with Crippen molar-refractivity contribution in [2.24, 2.45) is 0 Å². The molecule has 0 aliphatic heterocycles. The summed E-state index contributed by atoms with van der Waals surface area (Å²) in [7, 11) is 0. The number of hydrogen-bond donors (Lipinski definition) is 0. The minimum atomic E-state index is -0.531. The summed E-state index contributed by atoms with van der Waals surface area (Å²) in [5.74, 6) is 0.429. The van der Waals surface area contributed by atoms with E-state index in [0.29, 0.717) is 17.1 Å². The number of esters is 1. The Labute approximate surface area is 151 Å². The molecule has 1 heterocycles. The molecule has 0 bridgehead atoms. The van der Waals surface area contributed by atoms with Crippen LogP contribution in [0.3, 0.4) is 0 Å². The third kappa shape index (κ3) is 3.77. The fourth-order valence-electron chi connectivity index (χ4n) is 2.76. The first-order chi connectivity index (χ1) is 12.3. The molecule has 0 unspecified atom stereocenters. The molecule has 0 saturated heterocycles. The molecule has 0 fully saturated rings. The normalized spacial score (nSPS) is 10.8. The predicted octanol–water partition coefficient (Wildman–Crippen LogP) is 4.01. The summed E-state index contributed by atoms with van der Waals surface area (Å²) >= 11 is 0. The van der Waals surface area contributed by atoms with Gasteiger partial charge in [-0.3, -0.25) is 0 Å². The summed E-state index contributed by atoms with van der Waals surface area (Å²) in [6.07, 6.45) is 0. The average molecular weight is 352 g/mol. The van der Waals surface area contributed by atoms with Crippen LogP contribution in [0.25, 0.3) is 11.0 Å². The Morgan fingerprint density at radius 2 is 1.65 bits per heavy atom. The first-order valence-corrected chi connectivity index (χ1v) is 8.29. The molecule has 0 spiro atoms. The molecule has 3 rings (SSSR count). The molecule has 134 valence electrons. The Bertz CT molecular complexity index is 1050. The molecule has 3 aromatic rings. The smallest absolute Gasteiger partial charge is 0.349 e. The quantitative estimate of drug-likeness (QED) is 0.403. The highest BCUT2D eigenvalue weighted by Crippen LogP contribution is 2.24. The van der Waals surface area contributed by atoms with Crippen LogP contribution >= 0.6 is 0 Å². The Balaban J connectivity index is 1.71. The molecular weight excluding hydrogens is 332 g/mol. The lowest BCUT2D eigenvalue weighted by Crippen LogP contribution is -2.18. The van der Waals surface area contributed by atoms with E-state index in [9.17, 15) is 9.59 Å². The van der Waals surface area contributed by atoms with Crippen LogP contribution < -0.4 is 15.1 Å². The van der Waals surface area contributed by atoms with Crippen molar-refractivity contribution in [3.05, 3.63) is 69.1 Å². The van der Waals surface area contributed by atoms with Crippen LogP contribution in [0.5, 0.6) is 11.5 Å². The second-order valence-corrected chi connectivity index (χ2v) is 6.37. The van der Waals surface area contributed by atoms with E-state index in [1.165, 1.54) is 17.7 Å². The standard InChI is InChI=1S/C21H20O5/c1-12-7-15(4)18(8-13(12)2)24-11-21(23)25-16-5-6-17-14(3)9-20(22)26-19(17)10-16/h5-10H,11H2,1-4H3. The number of ether oxygens (including phenoxy) is 2. The van der Waals surface area contributed by atoms with Crippen molar-refractivity contribution in [3.63, 3.8) is 0 Å².